The first-order chi connectivity index (χ1) is 14.7. The van der Waals surface area contributed by atoms with E-state index in [1.165, 1.54) is 0 Å². The van der Waals surface area contributed by atoms with Gasteiger partial charge in [-0.1, -0.05) is 12.1 Å². The van der Waals surface area contributed by atoms with Crippen molar-refractivity contribution in [1.29, 1.82) is 0 Å². The van der Waals surface area contributed by atoms with E-state index < -0.39 is 0 Å². The molecular weight excluding hydrogens is 380 g/mol. The van der Waals surface area contributed by atoms with Crippen LogP contribution in [0.3, 0.4) is 0 Å². The molecule has 0 radical (unpaired) electrons. The largest absolute Gasteiger partial charge is 0.497 e. The first kappa shape index (κ1) is 19.9. The molecule has 1 fully saturated rings. The number of methoxy groups -OCH3 is 1. The first-order valence-electron chi connectivity index (χ1n) is 10.2. The van der Waals surface area contributed by atoms with E-state index in [1.807, 2.05) is 55.5 Å². The number of rotatable bonds is 7. The molecule has 156 valence electrons. The Kier molecular flexibility index (Phi) is 5.97. The molecule has 0 saturated carbocycles. The fraction of sp³-hybridized carbons (Fsp3) is 0.348. The number of benzene rings is 2. The lowest BCUT2D eigenvalue weighted by atomic mass is 10.1. The second kappa shape index (κ2) is 8.98. The highest BCUT2D eigenvalue weighted by atomic mass is 16.5. The van der Waals surface area contributed by atoms with Crippen LogP contribution in [0.25, 0.3) is 10.9 Å². The Labute approximate surface area is 176 Å². The van der Waals surface area contributed by atoms with Gasteiger partial charge in [0, 0.05) is 11.9 Å². The van der Waals surface area contributed by atoms with Crippen molar-refractivity contribution in [3.8, 4) is 11.5 Å². The van der Waals surface area contributed by atoms with Crippen LogP contribution in [0.4, 0.5) is 5.82 Å². The molecule has 1 amide bonds. The highest BCUT2D eigenvalue weighted by Gasteiger charge is 2.33. The second-order valence-electron chi connectivity index (χ2n) is 7.46. The number of hydrogen-bond donors (Lipinski definition) is 1. The van der Waals surface area contributed by atoms with Crippen molar-refractivity contribution in [3.05, 3.63) is 54.9 Å². The summed E-state index contributed by atoms with van der Waals surface area (Å²) >= 11 is 0. The van der Waals surface area contributed by atoms with E-state index in [4.69, 9.17) is 9.47 Å². The van der Waals surface area contributed by atoms with Crippen LogP contribution >= 0.6 is 0 Å². The number of amides is 1. The molecule has 30 heavy (non-hydrogen) atoms. The van der Waals surface area contributed by atoms with Gasteiger partial charge in [-0.15, -0.1) is 0 Å². The van der Waals surface area contributed by atoms with Crippen molar-refractivity contribution >= 4 is 22.6 Å². The fourth-order valence-electron chi connectivity index (χ4n) is 3.79. The topological polar surface area (TPSA) is 76.6 Å². The molecule has 0 spiro atoms. The highest BCUT2D eigenvalue weighted by Crippen LogP contribution is 2.29. The van der Waals surface area contributed by atoms with Gasteiger partial charge in [0.15, 0.2) is 0 Å². The van der Waals surface area contributed by atoms with Gasteiger partial charge in [-0.3, -0.25) is 4.79 Å². The van der Waals surface area contributed by atoms with E-state index in [9.17, 15) is 4.79 Å². The molecule has 7 heteroatoms. The summed E-state index contributed by atoms with van der Waals surface area (Å²) < 4.78 is 10.9. The van der Waals surface area contributed by atoms with E-state index in [2.05, 4.69) is 20.2 Å². The predicted molar refractivity (Wildman–Crippen MR) is 116 cm³/mol. The molecule has 1 N–H and O–H groups in total. The number of ether oxygens (including phenoxy) is 2. The van der Waals surface area contributed by atoms with E-state index in [1.54, 1.807) is 13.4 Å². The minimum absolute atomic E-state index is 0.000948. The standard InChI is InChI=1S/C23H26N4O3/c1-16(14-30-18-11-9-17(29-2)10-12-18)26-23(28)21-8-5-13-27(21)22-19-6-3-4-7-20(19)24-15-25-22/h3-4,6-7,9-12,15-16,21H,5,8,13-14H2,1-2H3,(H,26,28)/t16-,21+/m0/s1. The maximum absolute atomic E-state index is 13.0. The molecule has 3 aromatic rings. The number of nitrogens with zero attached hydrogens (tertiary/aromatic N) is 3. The van der Waals surface area contributed by atoms with E-state index >= 15 is 0 Å². The number of para-hydroxylation sites is 1. The number of anilines is 1. The molecule has 1 aromatic heterocycles. The molecule has 0 bridgehead atoms. The highest BCUT2D eigenvalue weighted by molar-refractivity contribution is 5.93. The zero-order valence-corrected chi connectivity index (χ0v) is 17.2. The molecule has 2 atom stereocenters. The number of fused-ring (bicyclic) bond motifs is 1. The predicted octanol–water partition coefficient (Wildman–Crippen LogP) is 3.19. The summed E-state index contributed by atoms with van der Waals surface area (Å²) in [5.41, 5.74) is 0.884. The molecule has 1 saturated heterocycles. The lowest BCUT2D eigenvalue weighted by Gasteiger charge is -2.27. The minimum Gasteiger partial charge on any atom is -0.497 e. The smallest absolute Gasteiger partial charge is 0.243 e. The van der Waals surface area contributed by atoms with E-state index in [-0.39, 0.29) is 18.0 Å². The summed E-state index contributed by atoms with van der Waals surface area (Å²) in [5.74, 6) is 2.34. The lowest BCUT2D eigenvalue weighted by Crippen LogP contribution is -2.48. The molecule has 1 aliphatic heterocycles. The quantitative estimate of drug-likeness (QED) is 0.649. The Morgan fingerprint density at radius 1 is 1.17 bits per heavy atom. The summed E-state index contributed by atoms with van der Waals surface area (Å²) in [7, 11) is 1.63. The zero-order valence-electron chi connectivity index (χ0n) is 17.2. The molecule has 0 aliphatic carbocycles. The second-order valence-corrected chi connectivity index (χ2v) is 7.46. The number of aromatic nitrogens is 2. The van der Waals surface area contributed by atoms with Crippen LogP contribution in [0.5, 0.6) is 11.5 Å². The Morgan fingerprint density at radius 3 is 2.73 bits per heavy atom. The number of hydrogen-bond acceptors (Lipinski definition) is 6. The van der Waals surface area contributed by atoms with Crippen molar-refractivity contribution in [3.63, 3.8) is 0 Å². The zero-order chi connectivity index (χ0) is 20.9. The van der Waals surface area contributed by atoms with Crippen LogP contribution in [0, 0.1) is 0 Å². The van der Waals surface area contributed by atoms with Gasteiger partial charge < -0.3 is 19.7 Å². The lowest BCUT2D eigenvalue weighted by molar-refractivity contribution is -0.123. The summed E-state index contributed by atoms with van der Waals surface area (Å²) in [6.07, 6.45) is 3.32. The van der Waals surface area contributed by atoms with E-state index in [0.717, 1.165) is 47.6 Å². The molecule has 1 aliphatic rings. The maximum atomic E-state index is 13.0. The van der Waals surface area contributed by atoms with E-state index in [0.29, 0.717) is 6.61 Å². The molecular formula is C23H26N4O3. The third-order valence-electron chi connectivity index (χ3n) is 5.30. The molecule has 4 rings (SSSR count). The Morgan fingerprint density at radius 2 is 1.93 bits per heavy atom. The SMILES string of the molecule is COc1ccc(OC[C@H](C)NC(=O)[C@H]2CCCN2c2ncnc3ccccc23)cc1. The third-order valence-corrected chi connectivity index (χ3v) is 5.30. The van der Waals surface area contributed by atoms with Gasteiger partial charge in [0.2, 0.25) is 5.91 Å². The summed E-state index contributed by atoms with van der Waals surface area (Å²) in [4.78, 5) is 23.9. The van der Waals surface area contributed by atoms with Crippen LogP contribution in [0.2, 0.25) is 0 Å². The number of carbonyl (C=O) groups excluding carboxylic acids is 1. The van der Waals surface area contributed by atoms with Crippen LogP contribution < -0.4 is 19.7 Å². The average Bonchev–Trinajstić information content (AvgIpc) is 3.27. The molecule has 7 nitrogen and oxygen atoms in total. The van der Waals surface area contributed by atoms with Gasteiger partial charge in [0.05, 0.1) is 18.7 Å². The molecule has 2 aromatic carbocycles. The van der Waals surface area contributed by atoms with Crippen molar-refractivity contribution in [2.24, 2.45) is 0 Å². The molecule has 0 unspecified atom stereocenters. The minimum atomic E-state index is -0.244. The van der Waals surface area contributed by atoms with Crippen molar-refractivity contribution in [1.82, 2.24) is 15.3 Å². The third kappa shape index (κ3) is 4.30. The average molecular weight is 406 g/mol. The summed E-state index contributed by atoms with van der Waals surface area (Å²) in [5, 5.41) is 4.06. The van der Waals surface area contributed by atoms with Crippen LogP contribution in [-0.2, 0) is 4.79 Å². The number of carbonyl (C=O) groups is 1. The number of nitrogens with one attached hydrogen (secondary N) is 1. The summed E-state index contributed by atoms with van der Waals surface area (Å²) in [6, 6.07) is 14.9. The van der Waals surface area contributed by atoms with Crippen LogP contribution in [0.15, 0.2) is 54.9 Å². The Bertz CT molecular complexity index is 1000. The van der Waals surface area contributed by atoms with Crippen molar-refractivity contribution < 1.29 is 14.3 Å². The van der Waals surface area contributed by atoms with Crippen LogP contribution in [-0.4, -0.2) is 48.2 Å². The van der Waals surface area contributed by atoms with Gasteiger partial charge >= 0.3 is 0 Å². The Hall–Kier alpha value is -3.35. The van der Waals surface area contributed by atoms with Gasteiger partial charge in [-0.05, 0) is 56.2 Å². The van der Waals surface area contributed by atoms with Crippen molar-refractivity contribution in [2.45, 2.75) is 31.8 Å². The Balaban J connectivity index is 1.39. The van der Waals surface area contributed by atoms with Gasteiger partial charge in [0.25, 0.3) is 0 Å². The van der Waals surface area contributed by atoms with Gasteiger partial charge in [-0.2, -0.15) is 0 Å². The van der Waals surface area contributed by atoms with Gasteiger partial charge in [-0.25, -0.2) is 9.97 Å². The van der Waals surface area contributed by atoms with Crippen LogP contribution in [0.1, 0.15) is 19.8 Å². The fourth-order valence-corrected chi connectivity index (χ4v) is 3.79. The van der Waals surface area contributed by atoms with Crippen molar-refractivity contribution in [2.75, 3.05) is 25.2 Å². The monoisotopic (exact) mass is 406 g/mol. The summed E-state index contributed by atoms with van der Waals surface area (Å²) in [6.45, 7) is 3.14. The molecule has 2 heterocycles. The van der Waals surface area contributed by atoms with Gasteiger partial charge in [0.1, 0.15) is 36.3 Å². The maximum Gasteiger partial charge on any atom is 0.243 e. The normalized spacial score (nSPS) is 17.0. The first-order valence-corrected chi connectivity index (χ1v) is 10.2.